The lowest BCUT2D eigenvalue weighted by Gasteiger charge is -2.30. The first-order chi connectivity index (χ1) is 9.72. The maximum atomic E-state index is 11.8. The monoisotopic (exact) mass is 281 g/mol. The molecule has 112 valence electrons. The van der Waals surface area contributed by atoms with E-state index in [9.17, 15) is 4.79 Å². The van der Waals surface area contributed by atoms with Crippen LogP contribution in [0.5, 0.6) is 0 Å². The van der Waals surface area contributed by atoms with Crippen LogP contribution in [0.15, 0.2) is 4.52 Å². The lowest BCUT2D eigenvalue weighted by Crippen LogP contribution is -2.39. The molecule has 0 spiro atoms. The molecular formula is C14H23N3O3. The number of nitrogens with zero attached hydrogens (tertiary/aromatic N) is 3. The van der Waals surface area contributed by atoms with Crippen molar-refractivity contribution < 1.29 is 14.1 Å². The molecule has 0 amide bonds. The van der Waals surface area contributed by atoms with Gasteiger partial charge in [-0.3, -0.25) is 9.69 Å². The van der Waals surface area contributed by atoms with Crippen molar-refractivity contribution in [1.82, 2.24) is 15.0 Å². The van der Waals surface area contributed by atoms with Gasteiger partial charge in [0.25, 0.3) is 0 Å². The van der Waals surface area contributed by atoms with Gasteiger partial charge in [-0.15, -0.1) is 0 Å². The SMILES string of the molecule is CCCc1noc(CN2CCCC(C(=O)OCC)C2)n1. The highest BCUT2D eigenvalue weighted by atomic mass is 16.5. The van der Waals surface area contributed by atoms with Crippen molar-refractivity contribution in [2.75, 3.05) is 19.7 Å². The summed E-state index contributed by atoms with van der Waals surface area (Å²) in [6.07, 6.45) is 3.75. The summed E-state index contributed by atoms with van der Waals surface area (Å²) in [7, 11) is 0. The van der Waals surface area contributed by atoms with Crippen LogP contribution in [-0.2, 0) is 22.5 Å². The highest BCUT2D eigenvalue weighted by molar-refractivity contribution is 5.72. The van der Waals surface area contributed by atoms with E-state index < -0.39 is 0 Å². The van der Waals surface area contributed by atoms with Crippen molar-refractivity contribution in [3.8, 4) is 0 Å². The van der Waals surface area contributed by atoms with Crippen molar-refractivity contribution >= 4 is 5.97 Å². The lowest BCUT2D eigenvalue weighted by molar-refractivity contribution is -0.150. The van der Waals surface area contributed by atoms with Gasteiger partial charge in [-0.2, -0.15) is 4.98 Å². The number of piperidine rings is 1. The van der Waals surface area contributed by atoms with Gasteiger partial charge in [0.1, 0.15) is 0 Å². The molecule has 1 aromatic rings. The number of hydrogen-bond donors (Lipinski definition) is 0. The fourth-order valence-electron chi connectivity index (χ4n) is 2.52. The second kappa shape index (κ2) is 7.38. The van der Waals surface area contributed by atoms with Crippen LogP contribution in [0.25, 0.3) is 0 Å². The Balaban J connectivity index is 1.87. The van der Waals surface area contributed by atoms with Crippen LogP contribution in [0.2, 0.25) is 0 Å². The van der Waals surface area contributed by atoms with E-state index in [0.717, 1.165) is 38.1 Å². The first kappa shape index (κ1) is 15.0. The first-order valence-electron chi connectivity index (χ1n) is 7.43. The normalized spacial score (nSPS) is 20.0. The molecule has 2 heterocycles. The first-order valence-corrected chi connectivity index (χ1v) is 7.43. The topological polar surface area (TPSA) is 68.5 Å². The average molecular weight is 281 g/mol. The standard InChI is InChI=1S/C14H23N3O3/c1-3-6-12-15-13(20-16-12)10-17-8-5-7-11(9-17)14(18)19-4-2/h11H,3-10H2,1-2H3. The largest absolute Gasteiger partial charge is 0.466 e. The number of hydrogen-bond acceptors (Lipinski definition) is 6. The quantitative estimate of drug-likeness (QED) is 0.741. The van der Waals surface area contributed by atoms with Crippen LogP contribution in [0.4, 0.5) is 0 Å². The van der Waals surface area contributed by atoms with Gasteiger partial charge >= 0.3 is 5.97 Å². The second-order valence-corrected chi connectivity index (χ2v) is 5.18. The van der Waals surface area contributed by atoms with E-state index in [2.05, 4.69) is 22.0 Å². The third kappa shape index (κ3) is 4.03. The molecule has 6 heteroatoms. The summed E-state index contributed by atoms with van der Waals surface area (Å²) in [5.74, 6) is 1.29. The Hall–Kier alpha value is -1.43. The molecule has 0 N–H and O–H groups in total. The lowest BCUT2D eigenvalue weighted by atomic mass is 9.98. The van der Waals surface area contributed by atoms with Crippen molar-refractivity contribution in [1.29, 1.82) is 0 Å². The van der Waals surface area contributed by atoms with E-state index >= 15 is 0 Å². The summed E-state index contributed by atoms with van der Waals surface area (Å²) in [6.45, 7) is 6.66. The molecule has 1 saturated heterocycles. The van der Waals surface area contributed by atoms with Crippen LogP contribution in [-0.4, -0.2) is 40.7 Å². The predicted molar refractivity (Wildman–Crippen MR) is 72.9 cm³/mol. The fourth-order valence-corrected chi connectivity index (χ4v) is 2.52. The molecule has 2 rings (SSSR count). The number of aryl methyl sites for hydroxylation is 1. The molecule has 20 heavy (non-hydrogen) atoms. The van der Waals surface area contributed by atoms with Crippen LogP contribution in [0, 0.1) is 5.92 Å². The maximum absolute atomic E-state index is 11.8. The van der Waals surface area contributed by atoms with Crippen molar-refractivity contribution in [2.45, 2.75) is 46.1 Å². The summed E-state index contributed by atoms with van der Waals surface area (Å²) < 4.78 is 10.3. The Morgan fingerprint density at radius 1 is 1.50 bits per heavy atom. The molecule has 0 bridgehead atoms. The van der Waals surface area contributed by atoms with Gasteiger partial charge in [-0.05, 0) is 32.7 Å². The van der Waals surface area contributed by atoms with Gasteiger partial charge in [0, 0.05) is 13.0 Å². The molecule has 0 aromatic carbocycles. The fraction of sp³-hybridized carbons (Fsp3) is 0.786. The number of carbonyl (C=O) groups is 1. The second-order valence-electron chi connectivity index (χ2n) is 5.18. The number of likely N-dealkylation sites (tertiary alicyclic amines) is 1. The summed E-state index contributed by atoms with van der Waals surface area (Å²) in [5.41, 5.74) is 0. The number of carbonyl (C=O) groups excluding carboxylic acids is 1. The molecule has 6 nitrogen and oxygen atoms in total. The molecule has 1 aromatic heterocycles. The third-order valence-electron chi connectivity index (χ3n) is 3.47. The van der Waals surface area contributed by atoms with Crippen molar-refractivity contribution in [3.05, 3.63) is 11.7 Å². The highest BCUT2D eigenvalue weighted by Crippen LogP contribution is 2.19. The molecule has 1 atom stereocenters. The molecule has 1 unspecified atom stereocenters. The molecule has 1 aliphatic rings. The van der Waals surface area contributed by atoms with Crippen LogP contribution >= 0.6 is 0 Å². The van der Waals surface area contributed by atoms with E-state index in [4.69, 9.17) is 9.26 Å². The van der Waals surface area contributed by atoms with Gasteiger partial charge in [-0.25, -0.2) is 0 Å². The zero-order valence-corrected chi connectivity index (χ0v) is 12.3. The summed E-state index contributed by atoms with van der Waals surface area (Å²) >= 11 is 0. The van der Waals surface area contributed by atoms with Crippen LogP contribution in [0.1, 0.15) is 44.8 Å². The summed E-state index contributed by atoms with van der Waals surface area (Å²) in [6, 6.07) is 0. The van der Waals surface area contributed by atoms with Gasteiger partial charge in [0.05, 0.1) is 19.1 Å². The summed E-state index contributed by atoms with van der Waals surface area (Å²) in [4.78, 5) is 18.3. The molecule has 0 aliphatic carbocycles. The highest BCUT2D eigenvalue weighted by Gasteiger charge is 2.27. The Kier molecular flexibility index (Phi) is 5.52. The van der Waals surface area contributed by atoms with E-state index in [0.29, 0.717) is 25.6 Å². The Morgan fingerprint density at radius 2 is 2.35 bits per heavy atom. The predicted octanol–water partition coefficient (Wildman–Crippen LogP) is 1.80. The minimum absolute atomic E-state index is 0.0262. The smallest absolute Gasteiger partial charge is 0.310 e. The Labute approximate surface area is 119 Å². The van der Waals surface area contributed by atoms with Gasteiger partial charge in [-0.1, -0.05) is 12.1 Å². The molecule has 0 radical (unpaired) electrons. The van der Waals surface area contributed by atoms with Crippen LogP contribution < -0.4 is 0 Å². The number of ether oxygens (including phenoxy) is 1. The number of aromatic nitrogens is 2. The van der Waals surface area contributed by atoms with E-state index in [-0.39, 0.29) is 11.9 Å². The molecule has 1 aliphatic heterocycles. The number of esters is 1. The average Bonchev–Trinajstić information content (AvgIpc) is 2.87. The molecule has 0 saturated carbocycles. The van der Waals surface area contributed by atoms with Crippen molar-refractivity contribution in [2.24, 2.45) is 5.92 Å². The van der Waals surface area contributed by atoms with E-state index in [1.54, 1.807) is 0 Å². The minimum atomic E-state index is -0.0885. The van der Waals surface area contributed by atoms with E-state index in [1.165, 1.54) is 0 Å². The van der Waals surface area contributed by atoms with Crippen molar-refractivity contribution in [3.63, 3.8) is 0 Å². The number of rotatable bonds is 6. The van der Waals surface area contributed by atoms with Crippen LogP contribution in [0.3, 0.4) is 0 Å². The third-order valence-corrected chi connectivity index (χ3v) is 3.47. The summed E-state index contributed by atoms with van der Waals surface area (Å²) in [5, 5.41) is 3.95. The zero-order chi connectivity index (χ0) is 14.4. The van der Waals surface area contributed by atoms with Gasteiger partial charge in [0.2, 0.25) is 5.89 Å². The molecular weight excluding hydrogens is 258 g/mol. The Morgan fingerprint density at radius 3 is 3.10 bits per heavy atom. The molecule has 1 fully saturated rings. The Bertz CT molecular complexity index is 433. The zero-order valence-electron chi connectivity index (χ0n) is 12.3. The minimum Gasteiger partial charge on any atom is -0.466 e. The van der Waals surface area contributed by atoms with E-state index in [1.807, 2.05) is 6.92 Å². The maximum Gasteiger partial charge on any atom is 0.310 e. The van der Waals surface area contributed by atoms with Gasteiger partial charge in [0.15, 0.2) is 5.82 Å². The van der Waals surface area contributed by atoms with Gasteiger partial charge < -0.3 is 9.26 Å².